The van der Waals surface area contributed by atoms with Crippen LogP contribution in [-0.2, 0) is 11.3 Å². The third-order valence-corrected chi connectivity index (χ3v) is 4.28. The molecule has 3 heterocycles. The molecule has 1 N–H and O–H groups in total. The van der Waals surface area contributed by atoms with Crippen molar-refractivity contribution in [2.24, 2.45) is 0 Å². The summed E-state index contributed by atoms with van der Waals surface area (Å²) in [7, 11) is 3.51. The first-order chi connectivity index (χ1) is 10.1. The number of nitrogens with zero attached hydrogens (tertiary/aromatic N) is 2. The van der Waals surface area contributed by atoms with E-state index in [1.165, 1.54) is 0 Å². The van der Waals surface area contributed by atoms with Crippen molar-refractivity contribution >= 4 is 6.03 Å². The van der Waals surface area contributed by atoms with Crippen LogP contribution in [0.15, 0.2) is 22.8 Å². The maximum absolute atomic E-state index is 11.9. The number of fused-ring (bicyclic) bond motifs is 1. The minimum Gasteiger partial charge on any atom is -0.468 e. The molecule has 2 amide bonds. The predicted octanol–water partition coefficient (Wildman–Crippen LogP) is 1.28. The summed E-state index contributed by atoms with van der Waals surface area (Å²) >= 11 is 0. The van der Waals surface area contributed by atoms with Crippen LogP contribution in [0.1, 0.15) is 18.6 Å². The van der Waals surface area contributed by atoms with Crippen LogP contribution in [0.4, 0.5) is 4.79 Å². The zero-order chi connectivity index (χ0) is 14.8. The molecule has 21 heavy (non-hydrogen) atoms. The maximum Gasteiger partial charge on any atom is 0.317 e. The first kappa shape index (κ1) is 14.4. The lowest BCUT2D eigenvalue weighted by Crippen LogP contribution is -2.50. The van der Waals surface area contributed by atoms with E-state index in [4.69, 9.17) is 9.15 Å². The Kier molecular flexibility index (Phi) is 4.17. The Morgan fingerprint density at radius 2 is 2.38 bits per heavy atom. The van der Waals surface area contributed by atoms with Crippen molar-refractivity contribution in [3.05, 3.63) is 24.2 Å². The number of furan rings is 1. The normalized spacial score (nSPS) is 29.1. The number of rotatable bonds is 3. The van der Waals surface area contributed by atoms with Crippen LogP contribution >= 0.6 is 0 Å². The second-order valence-electron chi connectivity index (χ2n) is 6.00. The van der Waals surface area contributed by atoms with Crippen LogP contribution in [0, 0.1) is 0 Å². The summed E-state index contributed by atoms with van der Waals surface area (Å²) in [6, 6.07) is 4.24. The standard InChI is InChI=1S/C15H23N3O3/c1-17(2)15(19)16-12-10-18(9-11-5-3-7-20-11)13-6-4-8-21-14(12)13/h3,5,7,12-14H,4,6,8-10H2,1-2H3,(H,16,19)/t12-,13+,14+/m1/s1. The highest BCUT2D eigenvalue weighted by Crippen LogP contribution is 2.30. The van der Waals surface area contributed by atoms with Crippen molar-refractivity contribution in [1.29, 1.82) is 0 Å². The van der Waals surface area contributed by atoms with Crippen LogP contribution in [0.3, 0.4) is 0 Å². The van der Waals surface area contributed by atoms with Gasteiger partial charge < -0.3 is 19.4 Å². The zero-order valence-electron chi connectivity index (χ0n) is 12.6. The molecule has 0 bridgehead atoms. The molecule has 2 aliphatic rings. The van der Waals surface area contributed by atoms with Crippen LogP contribution < -0.4 is 5.32 Å². The number of carbonyl (C=O) groups is 1. The summed E-state index contributed by atoms with van der Waals surface area (Å²) in [5, 5.41) is 3.08. The molecule has 0 unspecified atom stereocenters. The van der Waals surface area contributed by atoms with Gasteiger partial charge in [-0.15, -0.1) is 0 Å². The van der Waals surface area contributed by atoms with Crippen LogP contribution in [0.25, 0.3) is 0 Å². The lowest BCUT2D eigenvalue weighted by Gasteiger charge is -2.32. The molecule has 0 radical (unpaired) electrons. The third-order valence-electron chi connectivity index (χ3n) is 4.28. The Morgan fingerprint density at radius 1 is 1.52 bits per heavy atom. The summed E-state index contributed by atoms with van der Waals surface area (Å²) in [4.78, 5) is 15.8. The summed E-state index contributed by atoms with van der Waals surface area (Å²) in [6.07, 6.45) is 3.97. The first-order valence-corrected chi connectivity index (χ1v) is 7.51. The van der Waals surface area contributed by atoms with Gasteiger partial charge in [-0.1, -0.05) is 0 Å². The van der Waals surface area contributed by atoms with Gasteiger partial charge in [0, 0.05) is 33.3 Å². The molecular weight excluding hydrogens is 270 g/mol. The largest absolute Gasteiger partial charge is 0.468 e. The lowest BCUT2D eigenvalue weighted by atomic mass is 10.0. The van der Waals surface area contributed by atoms with Gasteiger partial charge in [-0.3, -0.25) is 4.90 Å². The molecule has 3 rings (SSSR count). The van der Waals surface area contributed by atoms with Crippen molar-refractivity contribution in [3.63, 3.8) is 0 Å². The summed E-state index contributed by atoms with van der Waals surface area (Å²) < 4.78 is 11.4. The van der Waals surface area contributed by atoms with E-state index in [9.17, 15) is 4.79 Å². The number of likely N-dealkylation sites (tertiary alicyclic amines) is 1. The van der Waals surface area contributed by atoms with Gasteiger partial charge in [0.15, 0.2) is 0 Å². The van der Waals surface area contributed by atoms with E-state index < -0.39 is 0 Å². The topological polar surface area (TPSA) is 58.0 Å². The minimum atomic E-state index is -0.0622. The third kappa shape index (κ3) is 3.06. The Hall–Kier alpha value is -1.53. The summed E-state index contributed by atoms with van der Waals surface area (Å²) in [5.41, 5.74) is 0. The van der Waals surface area contributed by atoms with Crippen LogP contribution in [0.5, 0.6) is 0 Å². The quantitative estimate of drug-likeness (QED) is 0.912. The smallest absolute Gasteiger partial charge is 0.317 e. The van der Waals surface area contributed by atoms with Crippen LogP contribution in [0.2, 0.25) is 0 Å². The van der Waals surface area contributed by atoms with Gasteiger partial charge in [0.2, 0.25) is 0 Å². The van der Waals surface area contributed by atoms with E-state index in [1.807, 2.05) is 12.1 Å². The monoisotopic (exact) mass is 293 g/mol. The maximum atomic E-state index is 11.9. The average Bonchev–Trinajstić information content (AvgIpc) is 3.09. The molecule has 6 heteroatoms. The predicted molar refractivity (Wildman–Crippen MR) is 77.9 cm³/mol. The highest BCUT2D eigenvalue weighted by atomic mass is 16.5. The molecule has 0 aliphatic carbocycles. The first-order valence-electron chi connectivity index (χ1n) is 7.51. The van der Waals surface area contributed by atoms with Gasteiger partial charge in [0.25, 0.3) is 0 Å². The van der Waals surface area contributed by atoms with Crippen molar-refractivity contribution in [1.82, 2.24) is 15.1 Å². The van der Waals surface area contributed by atoms with E-state index in [2.05, 4.69) is 10.2 Å². The number of hydrogen-bond donors (Lipinski definition) is 1. The van der Waals surface area contributed by atoms with Crippen molar-refractivity contribution in [3.8, 4) is 0 Å². The minimum absolute atomic E-state index is 0.0418. The van der Waals surface area contributed by atoms with Gasteiger partial charge in [-0.05, 0) is 25.0 Å². The number of amides is 2. The molecule has 1 aromatic rings. The Balaban J connectivity index is 1.69. The second-order valence-corrected chi connectivity index (χ2v) is 6.00. The molecule has 2 fully saturated rings. The Bertz CT molecular complexity index is 475. The molecule has 6 nitrogen and oxygen atoms in total. The molecule has 116 valence electrons. The number of ether oxygens (including phenoxy) is 1. The average molecular weight is 293 g/mol. The summed E-state index contributed by atoms with van der Waals surface area (Å²) in [5.74, 6) is 0.957. The second kappa shape index (κ2) is 6.07. The number of urea groups is 1. The number of nitrogens with one attached hydrogen (secondary N) is 1. The fraction of sp³-hybridized carbons (Fsp3) is 0.667. The van der Waals surface area contributed by atoms with E-state index in [0.29, 0.717) is 6.04 Å². The van der Waals surface area contributed by atoms with Crippen molar-refractivity contribution in [2.75, 3.05) is 27.2 Å². The molecule has 1 aromatic heterocycles. The molecule has 0 spiro atoms. The van der Waals surface area contributed by atoms with E-state index in [1.54, 1.807) is 25.3 Å². The van der Waals surface area contributed by atoms with E-state index in [0.717, 1.165) is 38.3 Å². The molecule has 2 saturated heterocycles. The Labute approximate surface area is 125 Å². The van der Waals surface area contributed by atoms with Crippen LogP contribution in [-0.4, -0.2) is 61.3 Å². The van der Waals surface area contributed by atoms with Crippen molar-refractivity contribution < 1.29 is 13.9 Å². The molecule has 3 atom stereocenters. The summed E-state index contributed by atoms with van der Waals surface area (Å²) in [6.45, 7) is 2.35. The number of hydrogen-bond acceptors (Lipinski definition) is 4. The Morgan fingerprint density at radius 3 is 3.10 bits per heavy atom. The molecule has 0 aromatic carbocycles. The number of carbonyl (C=O) groups excluding carboxylic acids is 1. The van der Waals surface area contributed by atoms with Gasteiger partial charge in [-0.2, -0.15) is 0 Å². The fourth-order valence-corrected chi connectivity index (χ4v) is 3.25. The zero-order valence-corrected chi connectivity index (χ0v) is 12.6. The van der Waals surface area contributed by atoms with Crippen molar-refractivity contribution in [2.45, 2.75) is 37.6 Å². The fourth-order valence-electron chi connectivity index (χ4n) is 3.25. The molecular formula is C15H23N3O3. The highest BCUT2D eigenvalue weighted by molar-refractivity contribution is 5.74. The lowest BCUT2D eigenvalue weighted by molar-refractivity contribution is -0.0215. The molecule has 2 aliphatic heterocycles. The van der Waals surface area contributed by atoms with Gasteiger partial charge in [-0.25, -0.2) is 4.79 Å². The van der Waals surface area contributed by atoms with E-state index in [-0.39, 0.29) is 18.2 Å². The van der Waals surface area contributed by atoms with E-state index >= 15 is 0 Å². The van der Waals surface area contributed by atoms with Gasteiger partial charge >= 0.3 is 6.03 Å². The van der Waals surface area contributed by atoms with Gasteiger partial charge in [0.05, 0.1) is 25.0 Å². The molecule has 0 saturated carbocycles. The SMILES string of the molecule is CN(C)C(=O)N[C@@H]1CN(Cc2ccco2)[C@H]2CCCO[C@@H]12. The highest BCUT2D eigenvalue weighted by Gasteiger charge is 2.44. The van der Waals surface area contributed by atoms with Gasteiger partial charge in [0.1, 0.15) is 5.76 Å².